The maximum Gasteiger partial charge on any atom is 0.303 e. The Morgan fingerprint density at radius 3 is 2.77 bits per heavy atom. The molecule has 1 rings (SSSR count). The molecule has 76 valence electrons. The molecular formula is C9H16O4. The molecule has 0 saturated carbocycles. The minimum Gasteiger partial charge on any atom is -0.481 e. The van der Waals surface area contributed by atoms with Gasteiger partial charge in [-0.25, -0.2) is 0 Å². The van der Waals surface area contributed by atoms with Crippen LogP contribution in [0.2, 0.25) is 0 Å². The van der Waals surface area contributed by atoms with Gasteiger partial charge in [-0.3, -0.25) is 4.79 Å². The van der Waals surface area contributed by atoms with E-state index in [0.29, 0.717) is 13.0 Å². The molecule has 1 saturated heterocycles. The van der Waals surface area contributed by atoms with Gasteiger partial charge in [0.25, 0.3) is 0 Å². The number of hydrogen-bond acceptors (Lipinski definition) is 3. The fraction of sp³-hybridized carbons (Fsp3) is 0.889. The van der Waals surface area contributed by atoms with Crippen LogP contribution < -0.4 is 0 Å². The predicted molar refractivity (Wildman–Crippen MR) is 46.4 cm³/mol. The molecule has 0 aliphatic carbocycles. The number of ether oxygens (including phenoxy) is 2. The van der Waals surface area contributed by atoms with E-state index in [2.05, 4.69) is 0 Å². The van der Waals surface area contributed by atoms with Crippen molar-refractivity contribution in [1.82, 2.24) is 0 Å². The van der Waals surface area contributed by atoms with Crippen LogP contribution in [-0.4, -0.2) is 29.6 Å². The van der Waals surface area contributed by atoms with Gasteiger partial charge < -0.3 is 14.6 Å². The minimum atomic E-state index is -0.752. The van der Waals surface area contributed by atoms with Crippen molar-refractivity contribution in [2.45, 2.75) is 45.0 Å². The zero-order valence-electron chi connectivity index (χ0n) is 8.08. The Labute approximate surface area is 77.8 Å². The van der Waals surface area contributed by atoms with Gasteiger partial charge in [0, 0.05) is 6.42 Å². The van der Waals surface area contributed by atoms with E-state index < -0.39 is 11.8 Å². The van der Waals surface area contributed by atoms with Crippen LogP contribution >= 0.6 is 0 Å². The number of aliphatic carboxylic acids is 1. The van der Waals surface area contributed by atoms with Crippen LogP contribution in [0.1, 0.15) is 33.1 Å². The molecule has 0 spiro atoms. The van der Waals surface area contributed by atoms with Gasteiger partial charge in [0.2, 0.25) is 0 Å². The Hall–Kier alpha value is -0.610. The molecule has 1 fully saturated rings. The fourth-order valence-electron chi connectivity index (χ4n) is 1.39. The lowest BCUT2D eigenvalue weighted by Crippen LogP contribution is -2.21. The Kier molecular flexibility index (Phi) is 3.27. The van der Waals surface area contributed by atoms with Crippen molar-refractivity contribution in [3.05, 3.63) is 0 Å². The zero-order chi connectivity index (χ0) is 9.90. The van der Waals surface area contributed by atoms with Crippen molar-refractivity contribution in [3.63, 3.8) is 0 Å². The molecule has 0 aromatic carbocycles. The summed E-state index contributed by atoms with van der Waals surface area (Å²) in [5.74, 6) is -1.24. The van der Waals surface area contributed by atoms with Crippen LogP contribution in [0.4, 0.5) is 0 Å². The third-order valence-corrected chi connectivity index (χ3v) is 1.98. The third kappa shape index (κ3) is 3.74. The highest BCUT2D eigenvalue weighted by Gasteiger charge is 2.32. The normalized spacial score (nSPS) is 26.2. The molecule has 0 amide bonds. The Morgan fingerprint density at radius 1 is 1.62 bits per heavy atom. The molecule has 1 N–H and O–H groups in total. The average molecular weight is 188 g/mol. The Bertz CT molecular complexity index is 188. The lowest BCUT2D eigenvalue weighted by atomic mass is 10.1. The molecule has 0 aromatic heterocycles. The van der Waals surface area contributed by atoms with E-state index in [-0.39, 0.29) is 12.5 Å². The summed E-state index contributed by atoms with van der Waals surface area (Å²) in [6.45, 7) is 4.31. The van der Waals surface area contributed by atoms with Crippen LogP contribution in [0.15, 0.2) is 0 Å². The summed E-state index contributed by atoms with van der Waals surface area (Å²) in [5.41, 5.74) is 0. The molecule has 4 nitrogen and oxygen atoms in total. The van der Waals surface area contributed by atoms with E-state index in [0.717, 1.165) is 6.42 Å². The molecule has 1 aliphatic rings. The Balaban J connectivity index is 2.14. The first-order valence-corrected chi connectivity index (χ1v) is 4.53. The van der Waals surface area contributed by atoms with Crippen molar-refractivity contribution in [2.24, 2.45) is 0 Å². The van der Waals surface area contributed by atoms with Crippen LogP contribution in [0.3, 0.4) is 0 Å². The van der Waals surface area contributed by atoms with Crippen LogP contribution in [0.5, 0.6) is 0 Å². The van der Waals surface area contributed by atoms with Gasteiger partial charge in [0.1, 0.15) is 0 Å². The van der Waals surface area contributed by atoms with Gasteiger partial charge in [-0.15, -0.1) is 0 Å². The van der Waals surface area contributed by atoms with E-state index in [1.54, 1.807) is 0 Å². The van der Waals surface area contributed by atoms with E-state index in [1.165, 1.54) is 0 Å². The SMILES string of the molecule is CC1(C)OC[C@H](CCCC(=O)O)O1. The maximum absolute atomic E-state index is 10.2. The van der Waals surface area contributed by atoms with Crippen molar-refractivity contribution >= 4 is 5.97 Å². The van der Waals surface area contributed by atoms with Gasteiger partial charge in [-0.1, -0.05) is 0 Å². The summed E-state index contributed by atoms with van der Waals surface area (Å²) in [7, 11) is 0. The summed E-state index contributed by atoms with van der Waals surface area (Å²) >= 11 is 0. The summed E-state index contributed by atoms with van der Waals surface area (Å²) in [5, 5.41) is 8.42. The van der Waals surface area contributed by atoms with Crippen LogP contribution in [0, 0.1) is 0 Å². The lowest BCUT2D eigenvalue weighted by Gasteiger charge is -2.16. The highest BCUT2D eigenvalue weighted by molar-refractivity contribution is 5.66. The molecule has 13 heavy (non-hydrogen) atoms. The monoisotopic (exact) mass is 188 g/mol. The first-order valence-electron chi connectivity index (χ1n) is 4.53. The van der Waals surface area contributed by atoms with E-state index >= 15 is 0 Å². The van der Waals surface area contributed by atoms with E-state index in [1.807, 2.05) is 13.8 Å². The number of carboxylic acid groups (broad SMARTS) is 1. The smallest absolute Gasteiger partial charge is 0.303 e. The minimum absolute atomic E-state index is 0.0642. The Morgan fingerprint density at radius 2 is 2.31 bits per heavy atom. The zero-order valence-corrected chi connectivity index (χ0v) is 8.08. The number of rotatable bonds is 4. The first-order chi connectivity index (χ1) is 5.99. The summed E-state index contributed by atoms with van der Waals surface area (Å²) in [6.07, 6.45) is 1.68. The van der Waals surface area contributed by atoms with Crippen molar-refractivity contribution < 1.29 is 19.4 Å². The number of carboxylic acids is 1. The number of hydrogen-bond donors (Lipinski definition) is 1. The molecule has 1 atom stereocenters. The van der Waals surface area contributed by atoms with Crippen molar-refractivity contribution in [1.29, 1.82) is 0 Å². The molecule has 4 heteroatoms. The largest absolute Gasteiger partial charge is 0.481 e. The third-order valence-electron chi connectivity index (χ3n) is 1.98. The molecule has 0 aromatic rings. The van der Waals surface area contributed by atoms with Gasteiger partial charge in [-0.05, 0) is 26.7 Å². The average Bonchev–Trinajstić information content (AvgIpc) is 2.29. The standard InChI is InChI=1S/C9H16O4/c1-9(2)12-6-7(13-9)4-3-5-8(10)11/h7H,3-6H2,1-2H3,(H,10,11)/t7-/m0/s1. The summed E-state index contributed by atoms with van der Waals surface area (Å²) < 4.78 is 10.9. The van der Waals surface area contributed by atoms with Gasteiger partial charge in [-0.2, -0.15) is 0 Å². The highest BCUT2D eigenvalue weighted by atomic mass is 16.7. The quantitative estimate of drug-likeness (QED) is 0.724. The molecule has 1 aliphatic heterocycles. The molecule has 0 unspecified atom stereocenters. The summed E-state index contributed by atoms with van der Waals surface area (Å²) in [6, 6.07) is 0. The van der Waals surface area contributed by atoms with E-state index in [4.69, 9.17) is 14.6 Å². The van der Waals surface area contributed by atoms with Crippen molar-refractivity contribution in [3.8, 4) is 0 Å². The number of carbonyl (C=O) groups is 1. The van der Waals surface area contributed by atoms with Crippen LogP contribution in [0.25, 0.3) is 0 Å². The topological polar surface area (TPSA) is 55.8 Å². The fourth-order valence-corrected chi connectivity index (χ4v) is 1.39. The van der Waals surface area contributed by atoms with Gasteiger partial charge in [0.05, 0.1) is 12.7 Å². The van der Waals surface area contributed by atoms with Gasteiger partial charge in [0.15, 0.2) is 5.79 Å². The lowest BCUT2D eigenvalue weighted by molar-refractivity contribution is -0.140. The molecular weight excluding hydrogens is 172 g/mol. The highest BCUT2D eigenvalue weighted by Crippen LogP contribution is 2.24. The second-order valence-corrected chi connectivity index (χ2v) is 3.74. The predicted octanol–water partition coefficient (Wildman–Crippen LogP) is 1.39. The van der Waals surface area contributed by atoms with E-state index in [9.17, 15) is 4.79 Å². The molecule has 0 radical (unpaired) electrons. The first kappa shape index (κ1) is 10.5. The second kappa shape index (κ2) is 4.07. The molecule has 0 bridgehead atoms. The maximum atomic E-state index is 10.2. The second-order valence-electron chi connectivity index (χ2n) is 3.74. The molecule has 1 heterocycles. The summed E-state index contributed by atoms with van der Waals surface area (Å²) in [4.78, 5) is 10.2. The van der Waals surface area contributed by atoms with Crippen LogP contribution in [-0.2, 0) is 14.3 Å². The van der Waals surface area contributed by atoms with Gasteiger partial charge >= 0.3 is 5.97 Å². The van der Waals surface area contributed by atoms with Crippen molar-refractivity contribution in [2.75, 3.05) is 6.61 Å².